The van der Waals surface area contributed by atoms with Crippen molar-refractivity contribution in [2.75, 3.05) is 11.9 Å². The molecular weight excluding hydrogens is 210 g/mol. The quantitative estimate of drug-likeness (QED) is 0.866. The lowest BCUT2D eigenvalue weighted by atomic mass is 10.1. The first kappa shape index (κ1) is 12.4. The second kappa shape index (κ2) is 4.65. The Labute approximate surface area is 104 Å². The topological polar surface area (TPSA) is 28.2 Å². The Kier molecular flexibility index (Phi) is 3.38. The molecule has 0 amide bonds. The Balaban J connectivity index is 2.10. The predicted octanol–water partition coefficient (Wildman–Crippen LogP) is 2.57. The van der Waals surface area contributed by atoms with Crippen LogP contribution in [0.3, 0.4) is 0 Å². The fourth-order valence-electron chi connectivity index (χ4n) is 1.90. The van der Waals surface area contributed by atoms with Gasteiger partial charge in [-0.25, -0.2) is 0 Å². The van der Waals surface area contributed by atoms with Crippen LogP contribution in [0.4, 0.5) is 5.69 Å². The van der Waals surface area contributed by atoms with E-state index in [1.54, 1.807) is 0 Å². The van der Waals surface area contributed by atoms with E-state index < -0.39 is 0 Å². The van der Waals surface area contributed by atoms with Crippen molar-refractivity contribution in [2.24, 2.45) is 0 Å². The minimum absolute atomic E-state index is 0.151. The van der Waals surface area contributed by atoms with Gasteiger partial charge in [0.1, 0.15) is 0 Å². The van der Waals surface area contributed by atoms with Crippen LogP contribution in [0.1, 0.15) is 39.2 Å². The highest BCUT2D eigenvalue weighted by Gasteiger charge is 2.27. The van der Waals surface area contributed by atoms with Gasteiger partial charge >= 0.3 is 0 Å². The van der Waals surface area contributed by atoms with Crippen LogP contribution in [-0.2, 0) is 6.54 Å². The zero-order valence-electron chi connectivity index (χ0n) is 11.3. The summed E-state index contributed by atoms with van der Waals surface area (Å²) in [5.41, 5.74) is 2.76. The molecule has 1 aliphatic rings. The second-order valence-electron chi connectivity index (χ2n) is 5.95. The van der Waals surface area contributed by atoms with Crippen LogP contribution < -0.4 is 10.2 Å². The van der Waals surface area contributed by atoms with E-state index in [4.69, 9.17) is 0 Å². The molecule has 2 rings (SSSR count). The van der Waals surface area contributed by atoms with Gasteiger partial charge in [0.2, 0.25) is 0 Å². The average molecular weight is 233 g/mol. The molecule has 1 aromatic rings. The van der Waals surface area contributed by atoms with E-state index in [0.717, 1.165) is 12.6 Å². The number of hydrogen-bond donors (Lipinski definition) is 1. The molecule has 3 heteroatoms. The highest BCUT2D eigenvalue weighted by molar-refractivity contribution is 5.52. The van der Waals surface area contributed by atoms with E-state index in [0.29, 0.717) is 0 Å². The fourth-order valence-corrected chi connectivity index (χ4v) is 1.90. The van der Waals surface area contributed by atoms with Crippen LogP contribution in [0.25, 0.3) is 0 Å². The van der Waals surface area contributed by atoms with E-state index >= 15 is 0 Å². The van der Waals surface area contributed by atoms with Crippen molar-refractivity contribution in [1.29, 1.82) is 0 Å². The third-order valence-electron chi connectivity index (χ3n) is 3.17. The van der Waals surface area contributed by atoms with Crippen molar-refractivity contribution in [3.05, 3.63) is 24.0 Å². The van der Waals surface area contributed by atoms with Crippen molar-refractivity contribution in [3.63, 3.8) is 0 Å². The maximum atomic E-state index is 4.25. The summed E-state index contributed by atoms with van der Waals surface area (Å²) in [7, 11) is 2.18. The van der Waals surface area contributed by atoms with Crippen molar-refractivity contribution in [2.45, 2.75) is 51.7 Å². The number of aromatic nitrogens is 1. The van der Waals surface area contributed by atoms with Gasteiger partial charge in [-0.3, -0.25) is 4.98 Å². The summed E-state index contributed by atoms with van der Waals surface area (Å²) in [4.78, 5) is 6.62. The molecule has 1 fully saturated rings. The molecule has 1 aliphatic carbocycles. The summed E-state index contributed by atoms with van der Waals surface area (Å²) in [6.45, 7) is 7.48. The molecule has 1 saturated carbocycles. The molecule has 0 aliphatic heterocycles. The number of hydrogen-bond acceptors (Lipinski definition) is 3. The van der Waals surface area contributed by atoms with Crippen LogP contribution in [-0.4, -0.2) is 23.6 Å². The maximum Gasteiger partial charge on any atom is 0.0598 e. The lowest BCUT2D eigenvalue weighted by molar-refractivity contribution is 0.424. The number of nitrogens with one attached hydrogen (secondary N) is 1. The molecule has 0 spiro atoms. The molecule has 0 saturated heterocycles. The van der Waals surface area contributed by atoms with Gasteiger partial charge in [-0.1, -0.05) is 0 Å². The molecular formula is C14H23N3. The Morgan fingerprint density at radius 2 is 2.12 bits per heavy atom. The lowest BCUT2D eigenvalue weighted by Crippen LogP contribution is -2.35. The van der Waals surface area contributed by atoms with Crippen molar-refractivity contribution in [1.82, 2.24) is 10.3 Å². The zero-order chi connectivity index (χ0) is 12.5. The summed E-state index contributed by atoms with van der Waals surface area (Å²) >= 11 is 0. The van der Waals surface area contributed by atoms with Crippen LogP contribution in [0.5, 0.6) is 0 Å². The molecule has 0 aromatic carbocycles. The van der Waals surface area contributed by atoms with Gasteiger partial charge in [0, 0.05) is 31.4 Å². The summed E-state index contributed by atoms with van der Waals surface area (Å²) in [6.07, 6.45) is 6.50. The Morgan fingerprint density at radius 3 is 2.71 bits per heavy atom. The minimum Gasteiger partial charge on any atom is -0.370 e. The molecule has 94 valence electrons. The number of rotatable bonds is 4. The first-order valence-electron chi connectivity index (χ1n) is 6.38. The fraction of sp³-hybridized carbons (Fsp3) is 0.643. The molecule has 1 aromatic heterocycles. The Bertz CT molecular complexity index is 377. The normalized spacial score (nSPS) is 16.0. The summed E-state index contributed by atoms with van der Waals surface area (Å²) in [5, 5.41) is 3.54. The first-order valence-corrected chi connectivity index (χ1v) is 6.38. The second-order valence-corrected chi connectivity index (χ2v) is 5.95. The molecule has 0 unspecified atom stereocenters. The van der Waals surface area contributed by atoms with Crippen LogP contribution in [0.2, 0.25) is 0 Å². The molecule has 0 atom stereocenters. The molecule has 3 nitrogen and oxygen atoms in total. The summed E-state index contributed by atoms with van der Waals surface area (Å²) in [6, 6.07) is 2.85. The minimum atomic E-state index is 0.151. The Hall–Kier alpha value is -1.09. The largest absolute Gasteiger partial charge is 0.370 e. The highest BCUT2D eigenvalue weighted by Crippen LogP contribution is 2.31. The van der Waals surface area contributed by atoms with Gasteiger partial charge in [-0.05, 0) is 45.2 Å². The standard InChI is InChI=1S/C14H23N3/c1-14(2,3)16-9-11-7-8-15-10-13(11)17(4)12-5-6-12/h7-8,10,12,16H,5-6,9H2,1-4H3. The smallest absolute Gasteiger partial charge is 0.0598 e. The van der Waals surface area contributed by atoms with Gasteiger partial charge in [-0.15, -0.1) is 0 Å². The van der Waals surface area contributed by atoms with Gasteiger partial charge in [0.15, 0.2) is 0 Å². The van der Waals surface area contributed by atoms with Crippen LogP contribution >= 0.6 is 0 Å². The van der Waals surface area contributed by atoms with E-state index in [-0.39, 0.29) is 5.54 Å². The van der Waals surface area contributed by atoms with Crippen molar-refractivity contribution in [3.8, 4) is 0 Å². The third kappa shape index (κ3) is 3.43. The third-order valence-corrected chi connectivity index (χ3v) is 3.17. The van der Waals surface area contributed by atoms with Crippen molar-refractivity contribution >= 4 is 5.69 Å². The zero-order valence-corrected chi connectivity index (χ0v) is 11.3. The molecule has 0 radical (unpaired) electrons. The lowest BCUT2D eigenvalue weighted by Gasteiger charge is -2.25. The summed E-state index contributed by atoms with van der Waals surface area (Å²) < 4.78 is 0. The van der Waals surface area contributed by atoms with Crippen molar-refractivity contribution < 1.29 is 0 Å². The van der Waals surface area contributed by atoms with Crippen LogP contribution in [0, 0.1) is 0 Å². The van der Waals surface area contributed by atoms with E-state index in [1.807, 2.05) is 12.4 Å². The van der Waals surface area contributed by atoms with Gasteiger partial charge < -0.3 is 10.2 Å². The monoisotopic (exact) mass is 233 g/mol. The maximum absolute atomic E-state index is 4.25. The van der Waals surface area contributed by atoms with Gasteiger partial charge in [-0.2, -0.15) is 0 Å². The molecule has 17 heavy (non-hydrogen) atoms. The number of pyridine rings is 1. The van der Waals surface area contributed by atoms with E-state index in [1.165, 1.54) is 24.1 Å². The SMILES string of the molecule is CN(c1cnccc1CNC(C)(C)C)C1CC1. The predicted molar refractivity (Wildman–Crippen MR) is 72.3 cm³/mol. The molecule has 0 bridgehead atoms. The Morgan fingerprint density at radius 1 is 1.41 bits per heavy atom. The molecule has 1 N–H and O–H groups in total. The van der Waals surface area contributed by atoms with E-state index in [2.05, 4.69) is 49.1 Å². The van der Waals surface area contributed by atoms with Gasteiger partial charge in [0.05, 0.1) is 11.9 Å². The highest BCUT2D eigenvalue weighted by atomic mass is 15.2. The number of nitrogens with zero attached hydrogens (tertiary/aromatic N) is 2. The van der Waals surface area contributed by atoms with E-state index in [9.17, 15) is 0 Å². The average Bonchev–Trinajstić information content (AvgIpc) is 3.08. The number of anilines is 1. The summed E-state index contributed by atoms with van der Waals surface area (Å²) in [5.74, 6) is 0. The van der Waals surface area contributed by atoms with Crippen LogP contribution in [0.15, 0.2) is 18.5 Å². The first-order chi connectivity index (χ1) is 7.97. The molecule has 1 heterocycles. The van der Waals surface area contributed by atoms with Gasteiger partial charge in [0.25, 0.3) is 0 Å².